The molecule has 2 N–H and O–H groups in total. The summed E-state index contributed by atoms with van der Waals surface area (Å²) in [5.41, 5.74) is 0.922. The SMILES string of the molecule is CC.Cc1nc(NCc2cccc(C(F)(F)F)c2)c2cc(O)c3c(cnn3C)c2n1. The fourth-order valence-corrected chi connectivity index (χ4v) is 3.22. The minimum atomic E-state index is -4.40. The Morgan fingerprint density at radius 3 is 2.53 bits per heavy atom. The second-order valence-electron chi connectivity index (χ2n) is 6.49. The van der Waals surface area contributed by atoms with E-state index in [9.17, 15) is 18.3 Å². The van der Waals surface area contributed by atoms with Crippen LogP contribution in [0.3, 0.4) is 0 Å². The number of aryl methyl sites for hydroxylation is 2. The molecule has 0 unspecified atom stereocenters. The largest absolute Gasteiger partial charge is 0.506 e. The van der Waals surface area contributed by atoms with Gasteiger partial charge < -0.3 is 10.4 Å². The number of alkyl halides is 3. The second kappa shape index (κ2) is 8.17. The first kappa shape index (κ1) is 21.4. The summed E-state index contributed by atoms with van der Waals surface area (Å²) in [6, 6.07) is 6.64. The Bertz CT molecular complexity index is 1200. The number of aromatic nitrogens is 4. The van der Waals surface area contributed by atoms with Crippen molar-refractivity contribution in [2.75, 3.05) is 5.32 Å². The van der Waals surface area contributed by atoms with E-state index >= 15 is 0 Å². The maximum atomic E-state index is 12.9. The van der Waals surface area contributed by atoms with Crippen molar-refractivity contribution in [1.82, 2.24) is 19.7 Å². The molecule has 2 aromatic carbocycles. The number of anilines is 1. The highest BCUT2D eigenvalue weighted by Crippen LogP contribution is 2.34. The van der Waals surface area contributed by atoms with Gasteiger partial charge in [0.25, 0.3) is 0 Å². The van der Waals surface area contributed by atoms with Gasteiger partial charge in [0.1, 0.15) is 22.9 Å². The third-order valence-corrected chi connectivity index (χ3v) is 4.49. The van der Waals surface area contributed by atoms with Crippen LogP contribution >= 0.6 is 0 Å². The molecule has 0 fully saturated rings. The lowest BCUT2D eigenvalue weighted by molar-refractivity contribution is -0.137. The molecule has 4 rings (SSSR count). The van der Waals surface area contributed by atoms with Crippen molar-refractivity contribution in [3.63, 3.8) is 0 Å². The molecule has 0 aliphatic heterocycles. The van der Waals surface area contributed by atoms with Gasteiger partial charge in [0, 0.05) is 19.0 Å². The van der Waals surface area contributed by atoms with Gasteiger partial charge >= 0.3 is 6.18 Å². The van der Waals surface area contributed by atoms with Crippen LogP contribution in [0.4, 0.5) is 19.0 Å². The number of phenolic OH excluding ortho intramolecular Hbond substituents is 1. The van der Waals surface area contributed by atoms with Crippen LogP contribution in [0, 0.1) is 6.92 Å². The van der Waals surface area contributed by atoms with E-state index in [4.69, 9.17) is 0 Å². The van der Waals surface area contributed by atoms with Crippen LogP contribution in [0.2, 0.25) is 0 Å². The number of benzene rings is 2. The van der Waals surface area contributed by atoms with Gasteiger partial charge in [-0.05, 0) is 30.7 Å². The van der Waals surface area contributed by atoms with E-state index in [0.717, 1.165) is 12.1 Å². The summed E-state index contributed by atoms with van der Waals surface area (Å²) >= 11 is 0. The molecular formula is C21H22F3N5O. The van der Waals surface area contributed by atoms with Crippen LogP contribution in [0.15, 0.2) is 36.5 Å². The molecule has 6 nitrogen and oxygen atoms in total. The lowest BCUT2D eigenvalue weighted by atomic mass is 10.1. The zero-order chi connectivity index (χ0) is 22.1. The average Bonchev–Trinajstić information content (AvgIpc) is 3.11. The van der Waals surface area contributed by atoms with Crippen LogP contribution < -0.4 is 5.32 Å². The Hall–Kier alpha value is -3.36. The quantitative estimate of drug-likeness (QED) is 0.480. The van der Waals surface area contributed by atoms with E-state index in [1.165, 1.54) is 12.1 Å². The predicted octanol–water partition coefficient (Wildman–Crippen LogP) is 5.19. The Kier molecular flexibility index (Phi) is 5.82. The van der Waals surface area contributed by atoms with Gasteiger partial charge in [0.15, 0.2) is 0 Å². The van der Waals surface area contributed by atoms with Crippen LogP contribution in [0.25, 0.3) is 21.8 Å². The molecule has 0 saturated carbocycles. The number of fused-ring (bicyclic) bond motifs is 3. The summed E-state index contributed by atoms with van der Waals surface area (Å²) in [6.45, 7) is 5.87. The molecule has 30 heavy (non-hydrogen) atoms. The Balaban J connectivity index is 0.00000124. The van der Waals surface area contributed by atoms with E-state index in [1.807, 2.05) is 13.8 Å². The van der Waals surface area contributed by atoms with Gasteiger partial charge in [0.2, 0.25) is 0 Å². The molecule has 0 amide bonds. The molecule has 158 valence electrons. The summed E-state index contributed by atoms with van der Waals surface area (Å²) in [4.78, 5) is 8.82. The maximum Gasteiger partial charge on any atom is 0.416 e. The average molecular weight is 417 g/mol. The van der Waals surface area contributed by atoms with Crippen molar-refractivity contribution in [3.05, 3.63) is 53.5 Å². The molecule has 0 aliphatic rings. The van der Waals surface area contributed by atoms with Gasteiger partial charge in [-0.15, -0.1) is 0 Å². The van der Waals surface area contributed by atoms with E-state index in [-0.39, 0.29) is 12.3 Å². The number of nitrogens with zero attached hydrogens (tertiary/aromatic N) is 4. The van der Waals surface area contributed by atoms with Crippen molar-refractivity contribution in [3.8, 4) is 5.75 Å². The Morgan fingerprint density at radius 2 is 1.83 bits per heavy atom. The van der Waals surface area contributed by atoms with E-state index in [1.54, 1.807) is 30.9 Å². The molecule has 0 bridgehead atoms. The number of hydrogen-bond donors (Lipinski definition) is 2. The van der Waals surface area contributed by atoms with E-state index in [2.05, 4.69) is 20.4 Å². The van der Waals surface area contributed by atoms with E-state index in [0.29, 0.717) is 39.0 Å². The number of nitrogens with one attached hydrogen (secondary N) is 1. The highest BCUT2D eigenvalue weighted by Gasteiger charge is 2.30. The molecule has 2 heterocycles. The van der Waals surface area contributed by atoms with E-state index < -0.39 is 11.7 Å². The van der Waals surface area contributed by atoms with Gasteiger partial charge in [-0.25, -0.2) is 9.97 Å². The smallest absolute Gasteiger partial charge is 0.416 e. The summed E-state index contributed by atoms with van der Waals surface area (Å²) in [6.07, 6.45) is -2.79. The van der Waals surface area contributed by atoms with Crippen LogP contribution in [0.5, 0.6) is 5.75 Å². The van der Waals surface area contributed by atoms with Crippen LogP contribution in [-0.2, 0) is 19.8 Å². The maximum absolute atomic E-state index is 12.9. The van der Waals surface area contributed by atoms with Gasteiger partial charge in [-0.3, -0.25) is 4.68 Å². The fourth-order valence-electron chi connectivity index (χ4n) is 3.22. The third kappa shape index (κ3) is 4.00. The minimum Gasteiger partial charge on any atom is -0.506 e. The predicted molar refractivity (Wildman–Crippen MR) is 110 cm³/mol. The second-order valence-corrected chi connectivity index (χ2v) is 6.49. The first-order valence-electron chi connectivity index (χ1n) is 9.46. The summed E-state index contributed by atoms with van der Waals surface area (Å²) < 4.78 is 40.3. The zero-order valence-electron chi connectivity index (χ0n) is 17.0. The normalized spacial score (nSPS) is 11.4. The first-order valence-corrected chi connectivity index (χ1v) is 9.46. The third-order valence-electron chi connectivity index (χ3n) is 4.49. The lowest BCUT2D eigenvalue weighted by Gasteiger charge is -2.12. The standard InChI is InChI=1S/C19H16F3N5O.C2H6/c1-10-25-16-13(7-15(28)17-14(16)9-24-27(17)2)18(26-10)23-8-11-4-3-5-12(6-11)19(20,21)22;1-2/h3-7,9,28H,8H2,1-2H3,(H,23,25,26);1-2H3. The molecule has 9 heteroatoms. The number of hydrogen-bond acceptors (Lipinski definition) is 5. The lowest BCUT2D eigenvalue weighted by Crippen LogP contribution is -2.08. The Labute approximate surface area is 171 Å². The van der Waals surface area contributed by atoms with Crippen molar-refractivity contribution < 1.29 is 18.3 Å². The van der Waals surface area contributed by atoms with Crippen molar-refractivity contribution in [2.24, 2.45) is 7.05 Å². The van der Waals surface area contributed by atoms with Gasteiger partial charge in [-0.2, -0.15) is 18.3 Å². The number of halogens is 3. The van der Waals surface area contributed by atoms with Crippen molar-refractivity contribution in [1.29, 1.82) is 0 Å². The minimum absolute atomic E-state index is 0.0251. The fraction of sp³-hybridized carbons (Fsp3) is 0.286. The van der Waals surface area contributed by atoms with Crippen LogP contribution in [0.1, 0.15) is 30.8 Å². The molecule has 0 radical (unpaired) electrons. The van der Waals surface area contributed by atoms with Gasteiger partial charge in [0.05, 0.1) is 22.7 Å². The molecule has 4 aromatic rings. The monoisotopic (exact) mass is 417 g/mol. The molecular weight excluding hydrogens is 395 g/mol. The van der Waals surface area contributed by atoms with Crippen LogP contribution in [-0.4, -0.2) is 24.9 Å². The molecule has 0 saturated heterocycles. The molecule has 0 spiro atoms. The number of phenols is 1. The van der Waals surface area contributed by atoms with Crippen molar-refractivity contribution in [2.45, 2.75) is 33.5 Å². The summed E-state index contributed by atoms with van der Waals surface area (Å²) in [5.74, 6) is 0.952. The highest BCUT2D eigenvalue weighted by molar-refractivity contribution is 6.09. The van der Waals surface area contributed by atoms with Crippen molar-refractivity contribution >= 4 is 27.6 Å². The molecule has 0 aliphatic carbocycles. The highest BCUT2D eigenvalue weighted by atomic mass is 19.4. The topological polar surface area (TPSA) is 75.9 Å². The zero-order valence-corrected chi connectivity index (χ0v) is 17.0. The molecule has 0 atom stereocenters. The number of rotatable bonds is 3. The summed E-state index contributed by atoms with van der Waals surface area (Å²) in [5, 5.41) is 18.8. The summed E-state index contributed by atoms with van der Waals surface area (Å²) in [7, 11) is 1.72. The van der Waals surface area contributed by atoms with Gasteiger partial charge in [-0.1, -0.05) is 26.0 Å². The first-order chi connectivity index (χ1) is 14.2. The number of aromatic hydroxyl groups is 1. The molecule has 2 aromatic heterocycles. The Morgan fingerprint density at radius 1 is 1.10 bits per heavy atom.